The summed E-state index contributed by atoms with van der Waals surface area (Å²) in [5, 5.41) is 6.90. The highest BCUT2D eigenvalue weighted by molar-refractivity contribution is 6.05. The van der Waals surface area contributed by atoms with Crippen LogP contribution in [0.3, 0.4) is 0 Å². The molecule has 0 spiro atoms. The van der Waals surface area contributed by atoms with Gasteiger partial charge in [-0.15, -0.1) is 0 Å². The molecule has 7 nitrogen and oxygen atoms in total. The molecule has 4 rings (SSSR count). The molecule has 1 amide bonds. The minimum atomic E-state index is -4.63. The maximum atomic E-state index is 14.1. The lowest BCUT2D eigenvalue weighted by atomic mass is 10.1. The lowest BCUT2D eigenvalue weighted by molar-refractivity contribution is -0.142. The van der Waals surface area contributed by atoms with Gasteiger partial charge >= 0.3 is 6.18 Å². The van der Waals surface area contributed by atoms with Crippen LogP contribution in [0.2, 0.25) is 0 Å². The van der Waals surface area contributed by atoms with Crippen molar-refractivity contribution < 1.29 is 31.5 Å². The Labute approximate surface area is 185 Å². The third-order valence-electron chi connectivity index (χ3n) is 5.36. The van der Waals surface area contributed by atoms with E-state index in [-0.39, 0.29) is 23.6 Å². The van der Waals surface area contributed by atoms with E-state index in [1.807, 2.05) is 0 Å². The molecule has 1 unspecified atom stereocenters. The third kappa shape index (κ3) is 4.61. The van der Waals surface area contributed by atoms with E-state index in [1.54, 1.807) is 0 Å². The molecule has 1 saturated heterocycles. The quantitative estimate of drug-likeness (QED) is 0.581. The van der Waals surface area contributed by atoms with Gasteiger partial charge in [0.15, 0.2) is 5.69 Å². The average Bonchev–Trinajstić information content (AvgIpc) is 3.18. The maximum Gasteiger partial charge on any atom is 0.433 e. The number of fused-ring (bicyclic) bond motifs is 1. The van der Waals surface area contributed by atoms with Crippen molar-refractivity contribution in [1.82, 2.24) is 25.0 Å². The number of pyridine rings is 1. The third-order valence-corrected chi connectivity index (χ3v) is 5.36. The van der Waals surface area contributed by atoms with Crippen LogP contribution in [0.25, 0.3) is 10.9 Å². The lowest BCUT2D eigenvalue weighted by Crippen LogP contribution is -2.47. The number of aromatic nitrogens is 3. The first kappa shape index (κ1) is 22.9. The van der Waals surface area contributed by atoms with Crippen LogP contribution in [0.1, 0.15) is 21.7 Å². The lowest BCUT2D eigenvalue weighted by Gasteiger charge is -2.19. The summed E-state index contributed by atoms with van der Waals surface area (Å²) < 4.78 is 74.5. The number of ether oxygens (including phenoxy) is 1. The smallest absolute Gasteiger partial charge is 0.433 e. The van der Waals surface area contributed by atoms with Crippen molar-refractivity contribution in [3.05, 3.63) is 53.5 Å². The van der Waals surface area contributed by atoms with Crippen molar-refractivity contribution in [2.24, 2.45) is 7.05 Å². The SMILES string of the molecule is CN1CC(NC(=O)c2c3cc(OCc4cccnc4C(F)(F)F)ccc3nn2C)C(F)(F)C1. The number of carbonyl (C=O) groups is 1. The van der Waals surface area contributed by atoms with Crippen LogP contribution in [-0.2, 0) is 19.8 Å². The molecule has 1 aliphatic heterocycles. The summed E-state index contributed by atoms with van der Waals surface area (Å²) >= 11 is 0. The number of nitrogens with one attached hydrogen (secondary N) is 1. The van der Waals surface area contributed by atoms with Gasteiger partial charge in [-0.2, -0.15) is 18.3 Å². The van der Waals surface area contributed by atoms with Gasteiger partial charge in [0.1, 0.15) is 24.1 Å². The number of nitrogens with zero attached hydrogens (tertiary/aromatic N) is 4. The summed E-state index contributed by atoms with van der Waals surface area (Å²) in [5.74, 6) is -3.62. The number of benzene rings is 1. The van der Waals surface area contributed by atoms with Gasteiger partial charge in [-0.25, -0.2) is 8.78 Å². The molecule has 12 heteroatoms. The highest BCUT2D eigenvalue weighted by Crippen LogP contribution is 2.31. The molecule has 0 aliphatic carbocycles. The normalized spacial score (nSPS) is 18.6. The number of likely N-dealkylation sites (tertiary alicyclic amines) is 1. The molecular formula is C21H20F5N5O2. The first-order valence-corrected chi connectivity index (χ1v) is 9.93. The van der Waals surface area contributed by atoms with Crippen molar-refractivity contribution in [2.45, 2.75) is 24.7 Å². The predicted molar refractivity (Wildman–Crippen MR) is 108 cm³/mol. The fraction of sp³-hybridized carbons (Fsp3) is 0.381. The van der Waals surface area contributed by atoms with E-state index in [0.29, 0.717) is 10.9 Å². The Hall–Kier alpha value is -3.28. The number of carbonyl (C=O) groups excluding carboxylic acids is 1. The molecule has 0 radical (unpaired) electrons. The molecule has 1 aromatic carbocycles. The van der Waals surface area contributed by atoms with Crippen LogP contribution in [0.4, 0.5) is 22.0 Å². The van der Waals surface area contributed by atoms with Gasteiger partial charge in [-0.1, -0.05) is 6.07 Å². The summed E-state index contributed by atoms with van der Waals surface area (Å²) in [6.07, 6.45) is -3.58. The highest BCUT2D eigenvalue weighted by Gasteiger charge is 2.47. The first-order chi connectivity index (χ1) is 15.5. The monoisotopic (exact) mass is 469 g/mol. The van der Waals surface area contributed by atoms with E-state index in [0.717, 1.165) is 6.20 Å². The second kappa shape index (κ2) is 8.25. The van der Waals surface area contributed by atoms with Gasteiger partial charge in [-0.3, -0.25) is 19.4 Å². The number of halogens is 5. The van der Waals surface area contributed by atoms with E-state index in [9.17, 15) is 26.7 Å². The molecule has 1 fully saturated rings. The number of aryl methyl sites for hydroxylation is 1. The Morgan fingerprint density at radius 2 is 2.03 bits per heavy atom. The van der Waals surface area contributed by atoms with Crippen LogP contribution in [-0.4, -0.2) is 57.7 Å². The minimum absolute atomic E-state index is 0.00443. The van der Waals surface area contributed by atoms with Gasteiger partial charge in [0.2, 0.25) is 0 Å². The van der Waals surface area contributed by atoms with Crippen LogP contribution >= 0.6 is 0 Å². The van der Waals surface area contributed by atoms with Crippen molar-refractivity contribution in [3.63, 3.8) is 0 Å². The maximum absolute atomic E-state index is 14.1. The standard InChI is InChI=1S/C21H20F5N5O2/c1-30-9-16(20(22,23)11-30)28-19(32)17-14-8-13(5-6-15(14)29-31(17)2)33-10-12-4-3-7-27-18(12)21(24,25)26/h3-8,16H,9-11H2,1-2H3,(H,28,32). The van der Waals surface area contributed by atoms with E-state index >= 15 is 0 Å². The topological polar surface area (TPSA) is 72.3 Å². The van der Waals surface area contributed by atoms with Crippen LogP contribution in [0.15, 0.2) is 36.5 Å². The molecule has 1 atom stereocenters. The Bertz CT molecular complexity index is 1190. The molecule has 3 heterocycles. The van der Waals surface area contributed by atoms with Gasteiger partial charge in [-0.05, 0) is 31.3 Å². The van der Waals surface area contributed by atoms with Crippen molar-refractivity contribution in [2.75, 3.05) is 20.1 Å². The highest BCUT2D eigenvalue weighted by atomic mass is 19.4. The molecule has 2 aromatic heterocycles. The number of hydrogen-bond acceptors (Lipinski definition) is 5. The van der Waals surface area contributed by atoms with E-state index in [4.69, 9.17) is 4.74 Å². The predicted octanol–water partition coefficient (Wildman–Crippen LogP) is 3.25. The zero-order valence-electron chi connectivity index (χ0n) is 17.7. The number of alkyl halides is 5. The fourth-order valence-electron chi connectivity index (χ4n) is 3.87. The summed E-state index contributed by atoms with van der Waals surface area (Å²) in [7, 11) is 3.04. The van der Waals surface area contributed by atoms with Gasteiger partial charge in [0, 0.05) is 30.7 Å². The molecule has 1 N–H and O–H groups in total. The second-order valence-corrected chi connectivity index (χ2v) is 7.93. The van der Waals surface area contributed by atoms with E-state index in [2.05, 4.69) is 15.4 Å². The van der Waals surface area contributed by atoms with Crippen LogP contribution in [0, 0.1) is 0 Å². The first-order valence-electron chi connectivity index (χ1n) is 9.93. The van der Waals surface area contributed by atoms with E-state index in [1.165, 1.54) is 54.0 Å². The van der Waals surface area contributed by atoms with Crippen molar-refractivity contribution in [1.29, 1.82) is 0 Å². The molecule has 3 aromatic rings. The molecule has 0 bridgehead atoms. The molecule has 176 valence electrons. The zero-order valence-corrected chi connectivity index (χ0v) is 17.7. The average molecular weight is 469 g/mol. The molecule has 33 heavy (non-hydrogen) atoms. The van der Waals surface area contributed by atoms with Crippen molar-refractivity contribution >= 4 is 16.8 Å². The summed E-state index contributed by atoms with van der Waals surface area (Å²) in [6.45, 7) is -0.873. The Kier molecular flexibility index (Phi) is 5.72. The Morgan fingerprint density at radius 1 is 1.27 bits per heavy atom. The van der Waals surface area contributed by atoms with E-state index < -0.39 is 42.9 Å². The van der Waals surface area contributed by atoms with Gasteiger partial charge in [0.25, 0.3) is 11.8 Å². The number of rotatable bonds is 5. The largest absolute Gasteiger partial charge is 0.489 e. The van der Waals surface area contributed by atoms with Gasteiger partial charge < -0.3 is 10.1 Å². The number of hydrogen-bond donors (Lipinski definition) is 1. The number of likely N-dealkylation sites (N-methyl/N-ethyl adjacent to an activating group) is 1. The summed E-state index contributed by atoms with van der Waals surface area (Å²) in [5.41, 5.74) is -0.752. The fourth-order valence-corrected chi connectivity index (χ4v) is 3.87. The molecule has 0 saturated carbocycles. The zero-order chi connectivity index (χ0) is 24.0. The summed E-state index contributed by atoms with van der Waals surface area (Å²) in [4.78, 5) is 17.6. The summed E-state index contributed by atoms with van der Waals surface area (Å²) in [6, 6.07) is 5.76. The Morgan fingerprint density at radius 3 is 2.70 bits per heavy atom. The Balaban J connectivity index is 1.58. The minimum Gasteiger partial charge on any atom is -0.489 e. The molecular weight excluding hydrogens is 449 g/mol. The van der Waals surface area contributed by atoms with Gasteiger partial charge in [0.05, 0.1) is 12.1 Å². The van der Waals surface area contributed by atoms with Crippen LogP contribution < -0.4 is 10.1 Å². The second-order valence-electron chi connectivity index (χ2n) is 7.93. The van der Waals surface area contributed by atoms with Crippen molar-refractivity contribution in [3.8, 4) is 5.75 Å². The van der Waals surface area contributed by atoms with Crippen LogP contribution in [0.5, 0.6) is 5.75 Å². The molecule has 1 aliphatic rings. The number of amides is 1.